The summed E-state index contributed by atoms with van der Waals surface area (Å²) in [6, 6.07) is 3.78. The summed E-state index contributed by atoms with van der Waals surface area (Å²) in [5.74, 6) is 0.586. The third-order valence-corrected chi connectivity index (χ3v) is 5.64. The number of esters is 1. The highest BCUT2D eigenvalue weighted by molar-refractivity contribution is 7.16. The molecular weight excluding hydrogens is 352 g/mol. The predicted octanol–water partition coefficient (Wildman–Crippen LogP) is 3.75. The summed E-state index contributed by atoms with van der Waals surface area (Å²) >= 11 is 1.45. The first-order chi connectivity index (χ1) is 12.4. The van der Waals surface area contributed by atoms with E-state index in [2.05, 4.69) is 18.3 Å². The quantitative estimate of drug-likeness (QED) is 0.825. The summed E-state index contributed by atoms with van der Waals surface area (Å²) in [7, 11) is 0. The molecule has 7 heteroatoms. The first kappa shape index (κ1) is 18.2. The first-order valence-corrected chi connectivity index (χ1v) is 9.29. The molecule has 3 rings (SSSR count). The van der Waals surface area contributed by atoms with Gasteiger partial charge in [0.1, 0.15) is 28.2 Å². The second-order valence-electron chi connectivity index (χ2n) is 6.62. The van der Waals surface area contributed by atoms with Crippen LogP contribution in [0.3, 0.4) is 0 Å². The van der Waals surface area contributed by atoms with Crippen LogP contribution in [0.5, 0.6) is 0 Å². The Labute approximate surface area is 155 Å². The Morgan fingerprint density at radius 1 is 1.46 bits per heavy atom. The number of thiophene rings is 1. The van der Waals surface area contributed by atoms with E-state index in [9.17, 15) is 14.9 Å². The molecule has 2 heterocycles. The van der Waals surface area contributed by atoms with E-state index in [1.807, 2.05) is 0 Å². The molecule has 2 aromatic rings. The van der Waals surface area contributed by atoms with Crippen molar-refractivity contribution < 1.29 is 18.7 Å². The van der Waals surface area contributed by atoms with Gasteiger partial charge >= 0.3 is 5.97 Å². The van der Waals surface area contributed by atoms with Crippen molar-refractivity contribution in [3.8, 4) is 6.07 Å². The average molecular weight is 372 g/mol. The van der Waals surface area contributed by atoms with Gasteiger partial charge in [0, 0.05) is 4.88 Å². The summed E-state index contributed by atoms with van der Waals surface area (Å²) in [6.07, 6.45) is 2.84. The maximum Gasteiger partial charge on any atom is 0.342 e. The minimum Gasteiger partial charge on any atom is -0.466 e. The minimum absolute atomic E-state index is 0.314. The molecule has 26 heavy (non-hydrogen) atoms. The lowest BCUT2D eigenvalue weighted by molar-refractivity contribution is -0.119. The zero-order valence-electron chi connectivity index (χ0n) is 15.0. The van der Waals surface area contributed by atoms with E-state index in [0.29, 0.717) is 33.6 Å². The van der Waals surface area contributed by atoms with Crippen LogP contribution < -0.4 is 5.32 Å². The molecule has 0 saturated heterocycles. The highest BCUT2D eigenvalue weighted by Gasteiger charge is 2.25. The van der Waals surface area contributed by atoms with Crippen molar-refractivity contribution in [1.29, 1.82) is 5.26 Å². The van der Waals surface area contributed by atoms with Crippen LogP contribution in [-0.2, 0) is 22.4 Å². The van der Waals surface area contributed by atoms with E-state index in [1.54, 1.807) is 19.9 Å². The maximum atomic E-state index is 12.2. The number of ether oxygens (including phenoxy) is 1. The minimum atomic E-state index is -0.602. The van der Waals surface area contributed by atoms with Crippen molar-refractivity contribution in [2.24, 2.45) is 5.92 Å². The van der Waals surface area contributed by atoms with Crippen LogP contribution in [0, 0.1) is 31.1 Å². The Hall–Kier alpha value is -2.59. The largest absolute Gasteiger partial charge is 0.466 e. The van der Waals surface area contributed by atoms with E-state index in [0.717, 1.165) is 29.7 Å². The Morgan fingerprint density at radius 2 is 2.23 bits per heavy atom. The summed E-state index contributed by atoms with van der Waals surface area (Å²) in [4.78, 5) is 25.4. The smallest absolute Gasteiger partial charge is 0.342 e. The Bertz CT molecular complexity index is 904. The number of rotatable bonds is 4. The van der Waals surface area contributed by atoms with Crippen LogP contribution in [0.4, 0.5) is 5.00 Å². The fourth-order valence-corrected chi connectivity index (χ4v) is 4.54. The van der Waals surface area contributed by atoms with Crippen molar-refractivity contribution in [2.75, 3.05) is 11.9 Å². The molecule has 2 aromatic heterocycles. The van der Waals surface area contributed by atoms with E-state index < -0.39 is 18.5 Å². The zero-order chi connectivity index (χ0) is 18.8. The molecule has 0 unspecified atom stereocenters. The first-order valence-electron chi connectivity index (χ1n) is 8.47. The molecule has 1 aliphatic carbocycles. The van der Waals surface area contributed by atoms with Gasteiger partial charge in [0.15, 0.2) is 6.61 Å². The molecule has 1 aliphatic rings. The molecule has 1 atom stereocenters. The number of nitriles is 1. The molecule has 0 saturated carbocycles. The normalized spacial score (nSPS) is 15.8. The van der Waals surface area contributed by atoms with Gasteiger partial charge in [-0.2, -0.15) is 5.26 Å². The van der Waals surface area contributed by atoms with Crippen molar-refractivity contribution in [3.05, 3.63) is 39.2 Å². The van der Waals surface area contributed by atoms with Gasteiger partial charge in [0.05, 0.1) is 5.56 Å². The molecular formula is C19H20N2O4S. The van der Waals surface area contributed by atoms with Crippen LogP contribution in [-0.4, -0.2) is 18.5 Å². The van der Waals surface area contributed by atoms with Gasteiger partial charge in [-0.15, -0.1) is 11.3 Å². The predicted molar refractivity (Wildman–Crippen MR) is 97.3 cm³/mol. The Morgan fingerprint density at radius 3 is 2.88 bits per heavy atom. The lowest BCUT2D eigenvalue weighted by Gasteiger charge is -2.17. The molecule has 0 aromatic carbocycles. The average Bonchev–Trinajstić information content (AvgIpc) is 3.10. The third kappa shape index (κ3) is 3.65. The van der Waals surface area contributed by atoms with Crippen LogP contribution in [0.1, 0.15) is 51.2 Å². The van der Waals surface area contributed by atoms with Crippen molar-refractivity contribution in [1.82, 2.24) is 0 Å². The van der Waals surface area contributed by atoms with Crippen LogP contribution >= 0.6 is 11.3 Å². The topological polar surface area (TPSA) is 92.3 Å². The Balaban J connectivity index is 1.65. The molecule has 1 N–H and O–H groups in total. The van der Waals surface area contributed by atoms with Crippen LogP contribution in [0.25, 0.3) is 0 Å². The number of furan rings is 1. The number of aryl methyl sites for hydroxylation is 2. The van der Waals surface area contributed by atoms with Crippen molar-refractivity contribution in [3.63, 3.8) is 0 Å². The highest BCUT2D eigenvalue weighted by atomic mass is 32.1. The molecule has 0 fully saturated rings. The monoisotopic (exact) mass is 372 g/mol. The maximum absolute atomic E-state index is 12.2. The number of nitrogens with one attached hydrogen (secondary N) is 1. The number of anilines is 1. The highest BCUT2D eigenvalue weighted by Crippen LogP contribution is 2.39. The lowest BCUT2D eigenvalue weighted by Crippen LogP contribution is -2.21. The number of hydrogen-bond donors (Lipinski definition) is 1. The number of carbonyl (C=O) groups excluding carboxylic acids is 2. The van der Waals surface area contributed by atoms with Gasteiger partial charge < -0.3 is 14.5 Å². The second kappa shape index (κ2) is 7.34. The molecule has 0 aliphatic heterocycles. The molecule has 0 radical (unpaired) electrons. The second-order valence-corrected chi connectivity index (χ2v) is 7.72. The zero-order valence-corrected chi connectivity index (χ0v) is 15.8. The standard InChI is InChI=1S/C19H20N2O4S/c1-10-4-5-13-15(8-20)18(26-16(13)6-10)21-17(22)9-24-19(23)14-7-11(2)25-12(14)3/h7,10H,4-6,9H2,1-3H3,(H,21,22)/t10-/m1/s1. The van der Waals surface area contributed by atoms with Gasteiger partial charge in [-0.3, -0.25) is 4.79 Å². The van der Waals surface area contributed by atoms with Gasteiger partial charge in [-0.25, -0.2) is 4.79 Å². The third-order valence-electron chi connectivity index (χ3n) is 4.47. The fourth-order valence-electron chi connectivity index (χ4n) is 3.16. The number of hydrogen-bond acceptors (Lipinski definition) is 6. The SMILES string of the molecule is Cc1cc(C(=O)OCC(=O)Nc2sc3c(c2C#N)CC[C@@H](C)C3)c(C)o1. The lowest BCUT2D eigenvalue weighted by atomic mass is 9.89. The van der Waals surface area contributed by atoms with Gasteiger partial charge in [-0.05, 0) is 50.7 Å². The number of nitrogens with zero attached hydrogens (tertiary/aromatic N) is 1. The summed E-state index contributed by atoms with van der Waals surface area (Å²) in [5, 5.41) is 12.7. The van der Waals surface area contributed by atoms with Crippen molar-refractivity contribution in [2.45, 2.75) is 40.0 Å². The van der Waals surface area contributed by atoms with E-state index >= 15 is 0 Å². The van der Waals surface area contributed by atoms with E-state index in [1.165, 1.54) is 11.3 Å². The number of amides is 1. The van der Waals surface area contributed by atoms with Crippen LogP contribution in [0.2, 0.25) is 0 Å². The number of carbonyl (C=O) groups is 2. The number of fused-ring (bicyclic) bond motifs is 1. The molecule has 1 amide bonds. The summed E-state index contributed by atoms with van der Waals surface area (Å²) < 4.78 is 10.3. The van der Waals surface area contributed by atoms with Gasteiger partial charge in [0.25, 0.3) is 5.91 Å². The van der Waals surface area contributed by atoms with E-state index in [-0.39, 0.29) is 0 Å². The van der Waals surface area contributed by atoms with E-state index in [4.69, 9.17) is 9.15 Å². The molecule has 0 bridgehead atoms. The molecule has 0 spiro atoms. The Kier molecular flexibility index (Phi) is 5.14. The fraction of sp³-hybridized carbons (Fsp3) is 0.421. The molecule has 6 nitrogen and oxygen atoms in total. The molecule has 136 valence electrons. The van der Waals surface area contributed by atoms with Gasteiger partial charge in [0.2, 0.25) is 0 Å². The summed E-state index contributed by atoms with van der Waals surface area (Å²) in [5.41, 5.74) is 1.90. The van der Waals surface area contributed by atoms with Crippen molar-refractivity contribution >= 4 is 28.2 Å². The van der Waals surface area contributed by atoms with Crippen LogP contribution in [0.15, 0.2) is 10.5 Å². The summed E-state index contributed by atoms with van der Waals surface area (Å²) in [6.45, 7) is 5.18. The van der Waals surface area contributed by atoms with Gasteiger partial charge in [-0.1, -0.05) is 6.92 Å².